The number of carbonyl (C=O) groups is 1. The molecule has 0 fully saturated rings. The van der Waals surface area contributed by atoms with Crippen molar-refractivity contribution in [3.05, 3.63) is 107 Å². The first-order chi connectivity index (χ1) is 17.6. The molecule has 0 aliphatic carbocycles. The minimum Gasteiger partial charge on any atom is -0.497 e. The fraction of sp³-hybridized carbons (Fsp3) is 0.143. The summed E-state index contributed by atoms with van der Waals surface area (Å²) in [6.45, 7) is 2.51. The first-order valence-electron chi connectivity index (χ1n) is 11.6. The predicted octanol–water partition coefficient (Wildman–Crippen LogP) is 6.25. The summed E-state index contributed by atoms with van der Waals surface area (Å²) >= 11 is 6.58. The molecule has 1 atom stereocenters. The summed E-state index contributed by atoms with van der Waals surface area (Å²) < 4.78 is 12.7. The molecule has 1 aromatic heterocycles. The molecule has 5 rings (SSSR count). The van der Waals surface area contributed by atoms with Gasteiger partial charge in [-0.25, -0.2) is 4.68 Å². The fourth-order valence-corrected chi connectivity index (χ4v) is 4.40. The van der Waals surface area contributed by atoms with Gasteiger partial charge in [-0.3, -0.25) is 4.79 Å². The van der Waals surface area contributed by atoms with Crippen LogP contribution in [0, 0.1) is 0 Å². The number of nitrogens with zero attached hydrogens (tertiary/aromatic N) is 2. The predicted molar refractivity (Wildman–Crippen MR) is 142 cm³/mol. The molecular formula is C28H25ClN4O3. The molecule has 0 saturated heterocycles. The topological polar surface area (TPSA) is 77.4 Å². The summed E-state index contributed by atoms with van der Waals surface area (Å²) in [6.07, 6.45) is 3.61. The van der Waals surface area contributed by atoms with Crippen LogP contribution in [0.3, 0.4) is 0 Å². The summed E-state index contributed by atoms with van der Waals surface area (Å²) in [4.78, 5) is 13.3. The van der Waals surface area contributed by atoms with Crippen LogP contribution >= 0.6 is 11.6 Å². The average Bonchev–Trinajstić information content (AvgIpc) is 3.34. The zero-order valence-corrected chi connectivity index (χ0v) is 20.6. The van der Waals surface area contributed by atoms with Gasteiger partial charge in [0.25, 0.3) is 5.91 Å². The fourth-order valence-electron chi connectivity index (χ4n) is 4.16. The van der Waals surface area contributed by atoms with Crippen LogP contribution < -0.4 is 20.1 Å². The van der Waals surface area contributed by atoms with Gasteiger partial charge in [-0.15, -0.1) is 0 Å². The van der Waals surface area contributed by atoms with Gasteiger partial charge in [0.15, 0.2) is 0 Å². The van der Waals surface area contributed by atoms with Gasteiger partial charge in [-0.1, -0.05) is 41.9 Å². The molecule has 1 aliphatic heterocycles. The largest absolute Gasteiger partial charge is 0.497 e. The number of hydrogen-bond acceptors (Lipinski definition) is 5. The number of hydrogen-bond donors (Lipinski definition) is 2. The molecule has 2 N–H and O–H groups in total. The maximum Gasteiger partial charge on any atom is 0.261 e. The first-order valence-corrected chi connectivity index (χ1v) is 11.9. The lowest BCUT2D eigenvalue weighted by atomic mass is 10.0. The smallest absolute Gasteiger partial charge is 0.261 e. The molecule has 1 aliphatic rings. The van der Waals surface area contributed by atoms with E-state index < -0.39 is 0 Å². The van der Waals surface area contributed by atoms with Crippen molar-refractivity contribution in [1.29, 1.82) is 0 Å². The summed E-state index contributed by atoms with van der Waals surface area (Å²) in [5.74, 6) is 1.77. The highest BCUT2D eigenvalue weighted by Crippen LogP contribution is 2.38. The molecule has 0 saturated carbocycles. The Hall–Kier alpha value is -4.23. The van der Waals surface area contributed by atoms with Gasteiger partial charge in [0.2, 0.25) is 0 Å². The highest BCUT2D eigenvalue weighted by Gasteiger charge is 2.29. The van der Waals surface area contributed by atoms with Crippen molar-refractivity contribution in [3.63, 3.8) is 0 Å². The Labute approximate surface area is 214 Å². The number of carbonyl (C=O) groups excluding carboxylic acids is 1. The highest BCUT2D eigenvalue weighted by molar-refractivity contribution is 6.31. The van der Waals surface area contributed by atoms with Crippen molar-refractivity contribution >= 4 is 34.7 Å². The summed E-state index contributed by atoms with van der Waals surface area (Å²) in [7, 11) is 1.63. The Morgan fingerprint density at radius 3 is 2.64 bits per heavy atom. The number of allylic oxidation sites excluding steroid dienone is 1. The standard InChI is InChI=1S/C28H25ClN4O3/c1-3-36-20-13-11-19(12-14-20)31-28(34)23-17-30-33-26(22-9-4-5-10-24(22)29)16-25(32-27(23)33)18-7-6-8-21(15-18)35-2/h4-17,26,32H,3H2,1-2H3,(H,31,34)/t26-/m1/s1. The Morgan fingerprint density at radius 1 is 1.08 bits per heavy atom. The molecule has 8 heteroatoms. The number of nitrogens with one attached hydrogen (secondary N) is 2. The van der Waals surface area contributed by atoms with Crippen LogP contribution in [0.4, 0.5) is 11.5 Å². The van der Waals surface area contributed by atoms with E-state index in [-0.39, 0.29) is 11.9 Å². The third-order valence-corrected chi connectivity index (χ3v) is 6.25. The molecule has 0 spiro atoms. The minimum absolute atomic E-state index is 0.280. The second-order valence-electron chi connectivity index (χ2n) is 8.17. The number of amides is 1. The van der Waals surface area contributed by atoms with E-state index in [1.807, 2.05) is 73.7 Å². The zero-order chi connectivity index (χ0) is 25.1. The van der Waals surface area contributed by atoms with Crippen LogP contribution in [0.2, 0.25) is 5.02 Å². The van der Waals surface area contributed by atoms with E-state index in [1.165, 1.54) is 0 Å². The van der Waals surface area contributed by atoms with Gasteiger partial charge in [-0.05, 0) is 61.0 Å². The second kappa shape index (κ2) is 10.2. The zero-order valence-electron chi connectivity index (χ0n) is 19.9. The van der Waals surface area contributed by atoms with Crippen molar-refractivity contribution in [1.82, 2.24) is 9.78 Å². The molecular weight excluding hydrogens is 476 g/mol. The molecule has 4 aromatic rings. The van der Waals surface area contributed by atoms with E-state index in [2.05, 4.69) is 15.7 Å². The summed E-state index contributed by atoms with van der Waals surface area (Å²) in [6, 6.07) is 22.3. The lowest BCUT2D eigenvalue weighted by molar-refractivity contribution is 0.102. The summed E-state index contributed by atoms with van der Waals surface area (Å²) in [5.41, 5.74) is 3.68. The van der Waals surface area contributed by atoms with Gasteiger partial charge in [-0.2, -0.15) is 5.10 Å². The van der Waals surface area contributed by atoms with Crippen LogP contribution in [0.15, 0.2) is 85.1 Å². The Balaban J connectivity index is 1.52. The van der Waals surface area contributed by atoms with Crippen molar-refractivity contribution in [3.8, 4) is 11.5 Å². The van der Waals surface area contributed by atoms with Crippen LogP contribution in [0.1, 0.15) is 34.5 Å². The molecule has 0 bridgehead atoms. The van der Waals surface area contributed by atoms with E-state index >= 15 is 0 Å². The highest BCUT2D eigenvalue weighted by atomic mass is 35.5. The average molecular weight is 501 g/mol. The SMILES string of the molecule is CCOc1ccc(NC(=O)c2cnn3c2NC(c2cccc(OC)c2)=C[C@@H]3c2ccccc2Cl)cc1. The van der Waals surface area contributed by atoms with Gasteiger partial charge in [0, 0.05) is 22.0 Å². The molecule has 1 amide bonds. The van der Waals surface area contributed by atoms with E-state index in [0.717, 1.165) is 28.3 Å². The Kier molecular flexibility index (Phi) is 6.64. The number of fused-ring (bicyclic) bond motifs is 1. The van der Waals surface area contributed by atoms with Crippen molar-refractivity contribution in [2.75, 3.05) is 24.4 Å². The lowest BCUT2D eigenvalue weighted by Gasteiger charge is -2.27. The van der Waals surface area contributed by atoms with Crippen molar-refractivity contribution in [2.45, 2.75) is 13.0 Å². The number of methoxy groups -OCH3 is 1. The van der Waals surface area contributed by atoms with Gasteiger partial charge >= 0.3 is 0 Å². The molecule has 3 aromatic carbocycles. The molecule has 0 radical (unpaired) electrons. The van der Waals surface area contributed by atoms with E-state index in [9.17, 15) is 4.79 Å². The number of rotatable bonds is 7. The number of ether oxygens (including phenoxy) is 2. The maximum atomic E-state index is 13.3. The third-order valence-electron chi connectivity index (χ3n) is 5.91. The van der Waals surface area contributed by atoms with Gasteiger partial charge in [0.1, 0.15) is 28.9 Å². The van der Waals surface area contributed by atoms with E-state index in [1.54, 1.807) is 30.1 Å². The quantitative estimate of drug-likeness (QED) is 0.313. The van der Waals surface area contributed by atoms with Crippen LogP contribution in [-0.4, -0.2) is 29.4 Å². The molecule has 2 heterocycles. The Morgan fingerprint density at radius 2 is 1.89 bits per heavy atom. The monoisotopic (exact) mass is 500 g/mol. The van der Waals surface area contributed by atoms with Crippen LogP contribution in [0.5, 0.6) is 11.5 Å². The number of aromatic nitrogens is 2. The molecule has 0 unspecified atom stereocenters. The van der Waals surface area contributed by atoms with E-state index in [0.29, 0.717) is 28.7 Å². The molecule has 182 valence electrons. The summed E-state index contributed by atoms with van der Waals surface area (Å²) in [5, 5.41) is 11.5. The normalized spacial score (nSPS) is 14.3. The Bertz CT molecular complexity index is 1430. The number of benzene rings is 3. The maximum absolute atomic E-state index is 13.3. The van der Waals surface area contributed by atoms with Crippen LogP contribution in [-0.2, 0) is 0 Å². The second-order valence-corrected chi connectivity index (χ2v) is 8.57. The lowest BCUT2D eigenvalue weighted by Crippen LogP contribution is -2.22. The van der Waals surface area contributed by atoms with Gasteiger partial charge < -0.3 is 20.1 Å². The third kappa shape index (κ3) is 4.65. The molecule has 7 nitrogen and oxygen atoms in total. The number of anilines is 2. The molecule has 36 heavy (non-hydrogen) atoms. The van der Waals surface area contributed by atoms with Gasteiger partial charge in [0.05, 0.1) is 19.9 Å². The van der Waals surface area contributed by atoms with Crippen molar-refractivity contribution < 1.29 is 14.3 Å². The number of halogens is 1. The first kappa shape index (κ1) is 23.5. The van der Waals surface area contributed by atoms with E-state index in [4.69, 9.17) is 21.1 Å². The minimum atomic E-state index is -0.317. The van der Waals surface area contributed by atoms with Crippen LogP contribution in [0.25, 0.3) is 5.70 Å². The van der Waals surface area contributed by atoms with Crippen molar-refractivity contribution in [2.24, 2.45) is 0 Å².